The molecule has 110 valence electrons. The lowest BCUT2D eigenvalue weighted by Gasteiger charge is -2.13. The van der Waals surface area contributed by atoms with Crippen molar-refractivity contribution in [2.24, 2.45) is 5.11 Å². The molecule has 0 aliphatic carbocycles. The number of alkyl halides is 3. The second-order valence-corrected chi connectivity index (χ2v) is 3.93. The number of carbonyl (C=O) groups excluding carboxylic acids is 1. The van der Waals surface area contributed by atoms with Gasteiger partial charge in [-0.1, -0.05) is 5.11 Å². The van der Waals surface area contributed by atoms with E-state index in [1.54, 1.807) is 0 Å². The van der Waals surface area contributed by atoms with Crippen molar-refractivity contribution in [1.82, 2.24) is 0 Å². The lowest BCUT2D eigenvalue weighted by atomic mass is 10.1. The minimum Gasteiger partial charge on any atom is -0.460 e. The minimum absolute atomic E-state index is 0.0188. The van der Waals surface area contributed by atoms with Crippen LogP contribution in [0.5, 0.6) is 0 Å². The molecule has 1 unspecified atom stereocenters. The molecule has 0 fully saturated rings. The van der Waals surface area contributed by atoms with Gasteiger partial charge in [-0.15, -0.1) is 0 Å². The number of carbonyl (C=O) groups is 1. The molecule has 0 saturated carbocycles. The summed E-state index contributed by atoms with van der Waals surface area (Å²) < 4.78 is 46.1. The lowest BCUT2D eigenvalue weighted by Crippen LogP contribution is -2.18. The Kier molecular flexibility index (Phi) is 5.92. The van der Waals surface area contributed by atoms with Gasteiger partial charge in [-0.2, -0.15) is 13.2 Å². The average molecular weight is 291 g/mol. The summed E-state index contributed by atoms with van der Waals surface area (Å²) in [5, 5.41) is 3.08. The highest BCUT2D eigenvalue weighted by Crippen LogP contribution is 2.25. The Labute approximate surface area is 112 Å². The number of nitrogens with zero attached hydrogens (tertiary/aromatic N) is 3. The lowest BCUT2D eigenvalue weighted by molar-refractivity contribution is -0.138. The summed E-state index contributed by atoms with van der Waals surface area (Å²) in [4.78, 5) is 13.7. The molecule has 1 rings (SSSR count). The molecule has 0 saturated heterocycles. The van der Waals surface area contributed by atoms with Crippen LogP contribution < -0.4 is 0 Å². The average Bonchev–Trinajstić information content (AvgIpc) is 2.86. The Morgan fingerprint density at radius 2 is 2.30 bits per heavy atom. The molecule has 1 aromatic heterocycles. The number of hydrogen-bond donors (Lipinski definition) is 0. The number of furan rings is 1. The Balaban J connectivity index is 2.30. The van der Waals surface area contributed by atoms with Crippen LogP contribution in [-0.2, 0) is 4.74 Å². The first-order valence-electron chi connectivity index (χ1n) is 5.74. The summed E-state index contributed by atoms with van der Waals surface area (Å²) in [6.07, 6.45) is -4.15. The molecule has 1 atom stereocenters. The van der Waals surface area contributed by atoms with Crippen molar-refractivity contribution in [1.29, 1.82) is 0 Å². The maximum atomic E-state index is 12.2. The molecule has 1 heterocycles. The van der Waals surface area contributed by atoms with Crippen LogP contribution in [0.4, 0.5) is 13.2 Å². The standard InChI is InChI=1S/C11H12F3N3O3/c12-11(13,14)7-8(16-17-15)3-1-6-20-10(18)9-4-2-5-19-9/h2,4-5,8H,1,3,6-7H2. The van der Waals surface area contributed by atoms with Crippen molar-refractivity contribution in [3.05, 3.63) is 34.6 Å². The Hall–Kier alpha value is -2.15. The van der Waals surface area contributed by atoms with Crippen molar-refractivity contribution >= 4 is 5.97 Å². The van der Waals surface area contributed by atoms with Crippen LogP contribution in [0.1, 0.15) is 29.8 Å². The third-order valence-corrected chi connectivity index (χ3v) is 2.32. The van der Waals surface area contributed by atoms with Gasteiger partial charge in [0.25, 0.3) is 0 Å². The first kappa shape index (κ1) is 15.9. The number of ether oxygens (including phenoxy) is 1. The number of halogens is 3. The largest absolute Gasteiger partial charge is 0.460 e. The highest BCUT2D eigenvalue weighted by Gasteiger charge is 2.31. The van der Waals surface area contributed by atoms with Crippen LogP contribution in [0, 0.1) is 0 Å². The summed E-state index contributed by atoms with van der Waals surface area (Å²) >= 11 is 0. The fourth-order valence-corrected chi connectivity index (χ4v) is 1.49. The number of hydrogen-bond acceptors (Lipinski definition) is 4. The van der Waals surface area contributed by atoms with Gasteiger partial charge in [-0.3, -0.25) is 0 Å². The van der Waals surface area contributed by atoms with Crippen LogP contribution in [0.2, 0.25) is 0 Å². The Bertz CT molecular complexity index is 467. The Morgan fingerprint density at radius 1 is 1.55 bits per heavy atom. The summed E-state index contributed by atoms with van der Waals surface area (Å²) in [5.41, 5.74) is 8.20. The van der Waals surface area contributed by atoms with E-state index in [1.165, 1.54) is 18.4 Å². The molecule has 0 amide bonds. The third kappa shape index (κ3) is 6.14. The van der Waals surface area contributed by atoms with Gasteiger partial charge in [0.15, 0.2) is 0 Å². The number of rotatable bonds is 7. The van der Waals surface area contributed by atoms with Gasteiger partial charge in [0, 0.05) is 11.0 Å². The zero-order valence-corrected chi connectivity index (χ0v) is 10.3. The minimum atomic E-state index is -4.40. The van der Waals surface area contributed by atoms with Crippen LogP contribution in [0.15, 0.2) is 27.9 Å². The zero-order chi connectivity index (χ0) is 15.0. The number of esters is 1. The van der Waals surface area contributed by atoms with Crippen LogP contribution in [0.25, 0.3) is 10.4 Å². The van der Waals surface area contributed by atoms with E-state index < -0.39 is 24.6 Å². The van der Waals surface area contributed by atoms with E-state index in [0.717, 1.165) is 0 Å². The summed E-state index contributed by atoms with van der Waals surface area (Å²) in [6, 6.07) is 1.73. The smallest absolute Gasteiger partial charge is 0.389 e. The summed E-state index contributed by atoms with van der Waals surface area (Å²) in [7, 11) is 0. The van der Waals surface area contributed by atoms with Gasteiger partial charge in [-0.25, -0.2) is 4.79 Å². The quantitative estimate of drug-likeness (QED) is 0.251. The van der Waals surface area contributed by atoms with Crippen molar-refractivity contribution in [3.63, 3.8) is 0 Å². The van der Waals surface area contributed by atoms with E-state index in [-0.39, 0.29) is 25.2 Å². The number of azide groups is 1. The van der Waals surface area contributed by atoms with Crippen molar-refractivity contribution in [2.75, 3.05) is 6.61 Å². The molecule has 0 aliphatic rings. The molecule has 0 aromatic carbocycles. The normalized spacial score (nSPS) is 12.6. The molecule has 6 nitrogen and oxygen atoms in total. The summed E-state index contributed by atoms with van der Waals surface area (Å²) in [6.45, 7) is -0.0746. The fourth-order valence-electron chi connectivity index (χ4n) is 1.49. The highest BCUT2D eigenvalue weighted by molar-refractivity contribution is 5.86. The Morgan fingerprint density at radius 3 is 2.85 bits per heavy atom. The second kappa shape index (κ2) is 7.44. The van der Waals surface area contributed by atoms with E-state index in [9.17, 15) is 18.0 Å². The predicted molar refractivity (Wildman–Crippen MR) is 61.8 cm³/mol. The maximum absolute atomic E-state index is 12.2. The molecule has 9 heteroatoms. The van der Waals surface area contributed by atoms with Crippen LogP contribution in [-0.4, -0.2) is 24.8 Å². The molecule has 0 radical (unpaired) electrons. The van der Waals surface area contributed by atoms with Crippen molar-refractivity contribution in [2.45, 2.75) is 31.5 Å². The first-order chi connectivity index (χ1) is 9.42. The topological polar surface area (TPSA) is 88.2 Å². The van der Waals surface area contributed by atoms with Gasteiger partial charge in [0.1, 0.15) is 0 Å². The van der Waals surface area contributed by atoms with E-state index in [4.69, 9.17) is 14.7 Å². The molecular weight excluding hydrogens is 279 g/mol. The van der Waals surface area contributed by atoms with E-state index in [1.807, 2.05) is 0 Å². The van der Waals surface area contributed by atoms with E-state index in [2.05, 4.69) is 10.0 Å². The summed E-state index contributed by atoms with van der Waals surface area (Å²) in [5.74, 6) is -0.668. The molecule has 0 aliphatic heterocycles. The van der Waals surface area contributed by atoms with Gasteiger partial charge in [0.05, 0.1) is 19.3 Å². The second-order valence-electron chi connectivity index (χ2n) is 3.93. The molecular formula is C11H12F3N3O3. The SMILES string of the molecule is [N-]=[N+]=NC(CCCOC(=O)c1ccco1)CC(F)(F)F. The van der Waals surface area contributed by atoms with Gasteiger partial charge in [0.2, 0.25) is 5.76 Å². The van der Waals surface area contributed by atoms with Crippen LogP contribution >= 0.6 is 0 Å². The zero-order valence-electron chi connectivity index (χ0n) is 10.3. The predicted octanol–water partition coefficient (Wildman–Crippen LogP) is 3.85. The molecule has 20 heavy (non-hydrogen) atoms. The van der Waals surface area contributed by atoms with Crippen molar-refractivity contribution in [3.8, 4) is 0 Å². The van der Waals surface area contributed by atoms with Crippen molar-refractivity contribution < 1.29 is 27.1 Å². The fraction of sp³-hybridized carbons (Fsp3) is 0.545. The first-order valence-corrected chi connectivity index (χ1v) is 5.74. The van der Waals surface area contributed by atoms with Gasteiger partial charge >= 0.3 is 12.1 Å². The molecule has 0 spiro atoms. The molecule has 0 N–H and O–H groups in total. The third-order valence-electron chi connectivity index (χ3n) is 2.32. The highest BCUT2D eigenvalue weighted by atomic mass is 19.4. The van der Waals surface area contributed by atoms with Crippen LogP contribution in [0.3, 0.4) is 0 Å². The monoisotopic (exact) mass is 291 g/mol. The van der Waals surface area contributed by atoms with Gasteiger partial charge < -0.3 is 9.15 Å². The van der Waals surface area contributed by atoms with E-state index >= 15 is 0 Å². The molecule has 0 bridgehead atoms. The maximum Gasteiger partial charge on any atom is 0.389 e. The van der Waals surface area contributed by atoms with E-state index in [0.29, 0.717) is 0 Å². The molecule has 1 aromatic rings. The van der Waals surface area contributed by atoms with Gasteiger partial charge in [-0.05, 0) is 30.5 Å².